The van der Waals surface area contributed by atoms with Crippen molar-refractivity contribution in [2.45, 2.75) is 164 Å². The molecule has 89 heavy (non-hydrogen) atoms. The van der Waals surface area contributed by atoms with Gasteiger partial charge in [-0.25, -0.2) is 14.4 Å². The molecule has 0 aromatic heterocycles. The smallest absolute Gasteiger partial charge is 0.407 e. The maximum atomic E-state index is 14.2. The molecule has 4 aromatic rings. The highest BCUT2D eigenvalue weighted by Crippen LogP contribution is 2.31. The molecule has 0 spiro atoms. The van der Waals surface area contributed by atoms with Gasteiger partial charge in [-0.05, 0) is 115 Å². The van der Waals surface area contributed by atoms with E-state index in [4.69, 9.17) is 10.5 Å². The third kappa shape index (κ3) is 21.5. The van der Waals surface area contributed by atoms with Crippen molar-refractivity contribution >= 4 is 71.0 Å². The lowest BCUT2D eigenvalue weighted by atomic mass is 9.76. The fraction of sp³-hybridized carbons (Fsp3) is 0.456. The van der Waals surface area contributed by atoms with Gasteiger partial charge >= 0.3 is 18.1 Å². The lowest BCUT2D eigenvalue weighted by Gasteiger charge is -2.40. The summed E-state index contributed by atoms with van der Waals surface area (Å²) < 4.78 is 5.53. The largest absolute Gasteiger partial charge is 0.478 e. The average molecular weight is 1230 g/mol. The maximum absolute atomic E-state index is 14.2. The SMILES string of the molecule is C=Cc1ccccc1N(Cc1ccccc1C)C(=O)CCC(=O)N[C@H](C(=O)N[C@@H](CCCNC(N)=O)C(=O)Nc1ccc(COC(=O)NCc2ccc(C(C)(C)[C@@H](NC)C(=O)N[C@H](C(=O)N(C)[C@@H](/C=C(\C)C(=O)O)C(C)C)C(C)(C)C)cc2C)cc1)C(C)C. The van der Waals surface area contributed by atoms with Crippen molar-refractivity contribution in [1.29, 1.82) is 0 Å². The van der Waals surface area contributed by atoms with Crippen LogP contribution in [0.15, 0.2) is 109 Å². The number of rotatable bonds is 31. The van der Waals surface area contributed by atoms with Gasteiger partial charge in [0.25, 0.3) is 0 Å². The van der Waals surface area contributed by atoms with Crippen LogP contribution in [0.3, 0.4) is 0 Å². The summed E-state index contributed by atoms with van der Waals surface area (Å²) >= 11 is 0. The number of anilines is 2. The van der Waals surface area contributed by atoms with Gasteiger partial charge in [-0.3, -0.25) is 28.8 Å². The Morgan fingerprint density at radius 3 is 1.98 bits per heavy atom. The first-order valence-electron chi connectivity index (χ1n) is 30.1. The van der Waals surface area contributed by atoms with Gasteiger partial charge in [-0.15, -0.1) is 0 Å². The van der Waals surface area contributed by atoms with E-state index in [9.17, 15) is 48.3 Å². The molecular formula is C68H94N10O11. The molecule has 0 aliphatic carbocycles. The number of aliphatic carboxylic acids is 1. The minimum absolute atomic E-state index is 0.0894. The minimum Gasteiger partial charge on any atom is -0.478 e. The molecule has 482 valence electrons. The number of nitrogens with zero attached hydrogens (tertiary/aromatic N) is 2. The Labute approximate surface area is 524 Å². The van der Waals surface area contributed by atoms with Crippen LogP contribution in [0, 0.1) is 31.1 Å². The van der Waals surface area contributed by atoms with Crippen molar-refractivity contribution in [3.05, 3.63) is 148 Å². The van der Waals surface area contributed by atoms with E-state index in [2.05, 4.69) is 43.8 Å². The average Bonchev–Trinajstić information content (AvgIpc) is 2.70. The van der Waals surface area contributed by atoms with Gasteiger partial charge in [-0.2, -0.15) is 0 Å². The molecule has 21 nitrogen and oxygen atoms in total. The fourth-order valence-corrected chi connectivity index (χ4v) is 10.2. The van der Waals surface area contributed by atoms with Gasteiger partial charge in [0.2, 0.25) is 35.4 Å². The number of primary amides is 1. The molecule has 21 heteroatoms. The zero-order valence-corrected chi connectivity index (χ0v) is 54.2. The molecule has 0 saturated carbocycles. The predicted molar refractivity (Wildman–Crippen MR) is 347 cm³/mol. The number of carbonyl (C=O) groups excluding carboxylic acids is 8. The van der Waals surface area contributed by atoms with Crippen LogP contribution in [0.25, 0.3) is 6.08 Å². The van der Waals surface area contributed by atoms with Crippen molar-refractivity contribution in [2.24, 2.45) is 23.0 Å². The number of urea groups is 1. The molecule has 0 bridgehead atoms. The Hall–Kier alpha value is -8.85. The van der Waals surface area contributed by atoms with Crippen LogP contribution in [0.1, 0.15) is 134 Å². The number of para-hydroxylation sites is 1. The van der Waals surface area contributed by atoms with Crippen molar-refractivity contribution in [3.8, 4) is 0 Å². The molecule has 10 N–H and O–H groups in total. The first kappa shape index (κ1) is 72.6. The number of carboxylic acid groups (broad SMARTS) is 1. The van der Waals surface area contributed by atoms with Crippen LogP contribution in [-0.4, -0.2) is 114 Å². The number of alkyl carbamates (subject to hydrolysis) is 1. The summed E-state index contributed by atoms with van der Waals surface area (Å²) in [6, 6.07) is 22.2. The van der Waals surface area contributed by atoms with Gasteiger partial charge in [0, 0.05) is 49.7 Å². The zero-order chi connectivity index (χ0) is 66.5. The third-order valence-corrected chi connectivity index (χ3v) is 15.8. The Morgan fingerprint density at radius 1 is 0.742 bits per heavy atom. The first-order chi connectivity index (χ1) is 41.8. The van der Waals surface area contributed by atoms with E-state index in [1.54, 1.807) is 69.3 Å². The number of carbonyl (C=O) groups is 9. The zero-order valence-electron chi connectivity index (χ0n) is 54.2. The van der Waals surface area contributed by atoms with E-state index >= 15 is 0 Å². The Balaban J connectivity index is 1.36. The number of benzene rings is 4. The van der Waals surface area contributed by atoms with Crippen molar-refractivity contribution in [3.63, 3.8) is 0 Å². The van der Waals surface area contributed by atoms with E-state index in [-0.39, 0.29) is 75.2 Å². The van der Waals surface area contributed by atoms with Crippen LogP contribution in [-0.2, 0) is 63.4 Å². The third-order valence-electron chi connectivity index (χ3n) is 15.8. The molecule has 0 aliphatic heterocycles. The standard InChI is InChI=1S/C68H94N10O11/c1-16-47-23-19-20-26-53(47)78(39-49-24-18-17-22-43(49)6)56(80)34-33-55(79)75-57(42(4)5)61(82)74-52(25-21-35-71-65(69)87)60(81)73-51-31-27-46(28-32-51)40-89-66(88)72-38-48-29-30-50(36-44(48)7)68(12,13)58(70-14)62(83)76-59(67(9,10)11)63(84)77(15)54(41(2)3)37-45(8)64(85)86/h16-20,22-24,26-32,36-37,41-42,52,54,57-59,70H,1,21,25,33-35,38-40H2,2-15H3,(H,72,88)(H,73,81)(H,74,82)(H,75,79)(H,76,83)(H,85,86)(H3,69,71,87)/b45-37+/t52-,54-,57-,58-,59+/m0/s1. The molecule has 9 amide bonds. The molecule has 0 fully saturated rings. The number of carboxylic acids is 1. The number of nitrogens with one attached hydrogen (secondary N) is 7. The lowest BCUT2D eigenvalue weighted by molar-refractivity contribution is -0.141. The second-order valence-corrected chi connectivity index (χ2v) is 24.8. The predicted octanol–water partition coefficient (Wildman–Crippen LogP) is 8.31. The molecule has 0 aliphatic rings. The van der Waals surface area contributed by atoms with Crippen LogP contribution in [0.5, 0.6) is 0 Å². The summed E-state index contributed by atoms with van der Waals surface area (Å²) in [4.78, 5) is 123. The second-order valence-electron chi connectivity index (χ2n) is 24.8. The number of amides is 9. The van der Waals surface area contributed by atoms with E-state index in [1.807, 2.05) is 129 Å². The van der Waals surface area contributed by atoms with Crippen LogP contribution in [0.2, 0.25) is 0 Å². The Morgan fingerprint density at radius 2 is 1.39 bits per heavy atom. The maximum Gasteiger partial charge on any atom is 0.407 e. The van der Waals surface area contributed by atoms with E-state index in [1.165, 1.54) is 11.8 Å². The van der Waals surface area contributed by atoms with E-state index in [0.29, 0.717) is 16.9 Å². The molecule has 0 heterocycles. The number of aryl methyl sites for hydroxylation is 2. The molecule has 0 radical (unpaired) electrons. The van der Waals surface area contributed by atoms with Crippen LogP contribution in [0.4, 0.5) is 21.0 Å². The highest BCUT2D eigenvalue weighted by Gasteiger charge is 2.42. The summed E-state index contributed by atoms with van der Waals surface area (Å²) in [6.45, 7) is 26.4. The number of likely N-dealkylation sites (N-methyl/N-ethyl adjacent to an activating group) is 2. The van der Waals surface area contributed by atoms with Gasteiger partial charge in [0.05, 0.1) is 24.3 Å². The van der Waals surface area contributed by atoms with E-state index < -0.39 is 88.7 Å². The molecular weight excluding hydrogens is 1130 g/mol. The number of ether oxygens (including phenoxy) is 1. The number of hydrogen-bond acceptors (Lipinski definition) is 11. The normalized spacial score (nSPS) is 13.4. The molecule has 0 saturated heterocycles. The van der Waals surface area contributed by atoms with Gasteiger partial charge < -0.3 is 62.6 Å². The van der Waals surface area contributed by atoms with Crippen molar-refractivity contribution in [1.82, 2.24) is 36.8 Å². The van der Waals surface area contributed by atoms with Crippen molar-refractivity contribution < 1.29 is 53.0 Å². The van der Waals surface area contributed by atoms with Crippen LogP contribution >= 0.6 is 0 Å². The monoisotopic (exact) mass is 1230 g/mol. The first-order valence-corrected chi connectivity index (χ1v) is 30.1. The van der Waals surface area contributed by atoms with Crippen molar-refractivity contribution in [2.75, 3.05) is 30.9 Å². The number of hydrogen-bond donors (Lipinski definition) is 9. The summed E-state index contributed by atoms with van der Waals surface area (Å²) in [5.41, 5.74) is 10.7. The topological polar surface area (TPSA) is 300 Å². The molecule has 4 rings (SSSR count). The Kier molecular flexibility index (Phi) is 27.3. The number of nitrogens with two attached hydrogens (primary N) is 1. The summed E-state index contributed by atoms with van der Waals surface area (Å²) in [7, 11) is 3.30. The second kappa shape index (κ2) is 33.5. The molecule has 5 atom stereocenters. The molecule has 0 unspecified atom stereocenters. The van der Waals surface area contributed by atoms with Gasteiger partial charge in [0.15, 0.2) is 0 Å². The lowest BCUT2D eigenvalue weighted by Crippen LogP contribution is -2.61. The Bertz CT molecular complexity index is 3190. The fourth-order valence-electron chi connectivity index (χ4n) is 10.2. The quantitative estimate of drug-likeness (QED) is 0.0170. The highest BCUT2D eigenvalue weighted by molar-refractivity contribution is 6.00. The van der Waals surface area contributed by atoms with Crippen LogP contribution < -0.4 is 47.9 Å². The van der Waals surface area contributed by atoms with Gasteiger partial charge in [-0.1, -0.05) is 154 Å². The summed E-state index contributed by atoms with van der Waals surface area (Å²) in [6.07, 6.45) is 2.53. The van der Waals surface area contributed by atoms with Gasteiger partial charge in [0.1, 0.15) is 24.7 Å². The summed E-state index contributed by atoms with van der Waals surface area (Å²) in [5.74, 6) is -4.39. The summed E-state index contributed by atoms with van der Waals surface area (Å²) in [5, 5.41) is 29.4. The highest BCUT2D eigenvalue weighted by atomic mass is 16.5. The molecule has 4 aromatic carbocycles. The minimum atomic E-state index is -1.11. The van der Waals surface area contributed by atoms with E-state index in [0.717, 1.165) is 33.4 Å².